The van der Waals surface area contributed by atoms with Gasteiger partial charge in [0.05, 0.1) is 5.69 Å². The number of benzene rings is 5. The smallest absolute Gasteiger partial charge is 0.0540 e. The third-order valence-corrected chi connectivity index (χ3v) is 5.88. The second-order valence-electron chi connectivity index (χ2n) is 8.27. The van der Waals surface area contributed by atoms with Gasteiger partial charge < -0.3 is 4.90 Å². The molecule has 0 aliphatic heterocycles. The molecule has 0 fully saturated rings. The Morgan fingerprint density at radius 3 is 1.34 bits per heavy atom. The Bertz CT molecular complexity index is 1360. The van der Waals surface area contributed by atoms with Crippen molar-refractivity contribution in [3.05, 3.63) is 162 Å². The Morgan fingerprint density at radius 2 is 0.829 bits per heavy atom. The predicted molar refractivity (Wildman–Crippen MR) is 152 cm³/mol. The fourth-order valence-corrected chi connectivity index (χ4v) is 4.17. The van der Waals surface area contributed by atoms with Gasteiger partial charge in [-0.15, -0.1) is 0 Å². The Balaban J connectivity index is 1.68. The first-order chi connectivity index (χ1) is 17.4. The summed E-state index contributed by atoms with van der Waals surface area (Å²) in [5.74, 6) is 0. The lowest BCUT2D eigenvalue weighted by atomic mass is 10.00. The molecule has 0 atom stereocenters. The van der Waals surface area contributed by atoms with Crippen molar-refractivity contribution in [2.75, 3.05) is 4.90 Å². The highest BCUT2D eigenvalue weighted by molar-refractivity contribution is 5.90. The van der Waals surface area contributed by atoms with Crippen LogP contribution in [0.25, 0.3) is 24.3 Å². The van der Waals surface area contributed by atoms with Crippen LogP contribution in [0, 0.1) is 0 Å². The maximum Gasteiger partial charge on any atom is 0.0540 e. The average molecular weight is 450 g/mol. The minimum absolute atomic E-state index is 1.12. The highest BCUT2D eigenvalue weighted by Crippen LogP contribution is 2.38. The van der Waals surface area contributed by atoms with Crippen LogP contribution in [-0.4, -0.2) is 0 Å². The Morgan fingerprint density at radius 1 is 0.371 bits per heavy atom. The van der Waals surface area contributed by atoms with Crippen LogP contribution in [0.1, 0.15) is 22.3 Å². The molecule has 0 saturated heterocycles. The van der Waals surface area contributed by atoms with E-state index >= 15 is 0 Å². The van der Waals surface area contributed by atoms with Gasteiger partial charge in [-0.3, -0.25) is 0 Å². The molecule has 0 aliphatic carbocycles. The summed E-state index contributed by atoms with van der Waals surface area (Å²) in [6, 6.07) is 48.5. The normalized spacial score (nSPS) is 11.2. The molecule has 35 heavy (non-hydrogen) atoms. The first-order valence-electron chi connectivity index (χ1n) is 11.9. The molecule has 168 valence electrons. The number of hydrogen-bond donors (Lipinski definition) is 0. The highest BCUT2D eigenvalue weighted by Gasteiger charge is 2.16. The average Bonchev–Trinajstić information content (AvgIpc) is 2.94. The molecule has 0 aromatic heterocycles. The monoisotopic (exact) mass is 449 g/mol. The lowest BCUT2D eigenvalue weighted by molar-refractivity contribution is 1.27. The maximum atomic E-state index is 2.32. The number of rotatable bonds is 7. The van der Waals surface area contributed by atoms with E-state index in [1.165, 1.54) is 11.1 Å². The molecule has 0 heterocycles. The van der Waals surface area contributed by atoms with E-state index in [0.717, 1.165) is 28.2 Å². The highest BCUT2D eigenvalue weighted by atomic mass is 15.1. The zero-order chi connectivity index (χ0) is 23.7. The molecule has 1 nitrogen and oxygen atoms in total. The molecule has 1 heteroatoms. The zero-order valence-electron chi connectivity index (χ0n) is 19.5. The Kier molecular flexibility index (Phi) is 6.97. The van der Waals surface area contributed by atoms with Crippen molar-refractivity contribution in [1.29, 1.82) is 0 Å². The minimum Gasteiger partial charge on any atom is -0.310 e. The Hall–Kier alpha value is -4.62. The second-order valence-corrected chi connectivity index (χ2v) is 8.27. The van der Waals surface area contributed by atoms with Gasteiger partial charge >= 0.3 is 0 Å². The quantitative estimate of drug-likeness (QED) is 0.224. The topological polar surface area (TPSA) is 3.24 Å². The van der Waals surface area contributed by atoms with Gasteiger partial charge in [0.1, 0.15) is 0 Å². The van der Waals surface area contributed by atoms with Crippen LogP contribution in [-0.2, 0) is 0 Å². The van der Waals surface area contributed by atoms with Crippen molar-refractivity contribution < 1.29 is 0 Å². The molecule has 5 rings (SSSR count). The third kappa shape index (κ3) is 5.48. The fraction of sp³-hybridized carbons (Fsp3) is 0. The molecule has 0 N–H and O–H groups in total. The van der Waals surface area contributed by atoms with E-state index in [9.17, 15) is 0 Å². The molecular formula is C34H27N. The van der Waals surface area contributed by atoms with E-state index in [-0.39, 0.29) is 0 Å². The van der Waals surface area contributed by atoms with Crippen LogP contribution in [0.2, 0.25) is 0 Å². The largest absolute Gasteiger partial charge is 0.310 e. The van der Waals surface area contributed by atoms with E-state index in [1.807, 2.05) is 12.1 Å². The Labute approximate surface area is 208 Å². The first kappa shape index (κ1) is 22.2. The molecule has 5 aromatic carbocycles. The van der Waals surface area contributed by atoms with Gasteiger partial charge in [-0.2, -0.15) is 0 Å². The summed E-state index contributed by atoms with van der Waals surface area (Å²) in [6.07, 6.45) is 8.80. The minimum atomic E-state index is 1.12. The lowest BCUT2D eigenvalue weighted by Gasteiger charge is -2.27. The van der Waals surface area contributed by atoms with E-state index in [4.69, 9.17) is 0 Å². The summed E-state index contributed by atoms with van der Waals surface area (Å²) >= 11 is 0. The van der Waals surface area contributed by atoms with Gasteiger partial charge in [0.15, 0.2) is 0 Å². The summed E-state index contributed by atoms with van der Waals surface area (Å²) in [4.78, 5) is 2.32. The summed E-state index contributed by atoms with van der Waals surface area (Å²) in [6.45, 7) is 0. The van der Waals surface area contributed by atoms with Gasteiger partial charge in [-0.25, -0.2) is 0 Å². The SMILES string of the molecule is C(=Cc1cccc(N(c2ccccc2)c2ccccc2)c1C=Cc1ccccc1)c1ccccc1. The summed E-state index contributed by atoms with van der Waals surface area (Å²) < 4.78 is 0. The summed E-state index contributed by atoms with van der Waals surface area (Å²) in [5, 5.41) is 0. The maximum absolute atomic E-state index is 2.32. The summed E-state index contributed by atoms with van der Waals surface area (Å²) in [5.41, 5.74) is 8.05. The molecule has 0 saturated carbocycles. The molecule has 0 unspecified atom stereocenters. The lowest BCUT2D eigenvalue weighted by Crippen LogP contribution is -2.11. The molecule has 5 aromatic rings. The van der Waals surface area contributed by atoms with Gasteiger partial charge in [-0.05, 0) is 47.0 Å². The van der Waals surface area contributed by atoms with Crippen LogP contribution < -0.4 is 4.90 Å². The first-order valence-corrected chi connectivity index (χ1v) is 11.9. The van der Waals surface area contributed by atoms with Crippen molar-refractivity contribution in [3.8, 4) is 0 Å². The van der Waals surface area contributed by atoms with E-state index in [0.29, 0.717) is 0 Å². The standard InChI is InChI=1S/C34H27N/c1-5-14-28(15-6-1)24-26-30-18-13-23-34(33(30)27-25-29-16-7-2-8-17-29)35(31-19-9-3-10-20-31)32-21-11-4-12-22-32/h1-27H. The van der Waals surface area contributed by atoms with Crippen molar-refractivity contribution in [2.45, 2.75) is 0 Å². The van der Waals surface area contributed by atoms with Gasteiger partial charge in [0.25, 0.3) is 0 Å². The number of nitrogens with zero attached hydrogens (tertiary/aromatic N) is 1. The molecule has 0 amide bonds. The van der Waals surface area contributed by atoms with Gasteiger partial charge in [0.2, 0.25) is 0 Å². The van der Waals surface area contributed by atoms with Crippen molar-refractivity contribution in [3.63, 3.8) is 0 Å². The molecular weight excluding hydrogens is 422 g/mol. The molecule has 0 radical (unpaired) electrons. The second kappa shape index (κ2) is 11.0. The van der Waals surface area contributed by atoms with Gasteiger partial charge in [-0.1, -0.05) is 133 Å². The fourth-order valence-electron chi connectivity index (χ4n) is 4.17. The number of hydrogen-bond acceptors (Lipinski definition) is 1. The van der Waals surface area contributed by atoms with E-state index in [1.54, 1.807) is 0 Å². The number of para-hydroxylation sites is 2. The van der Waals surface area contributed by atoms with E-state index in [2.05, 4.69) is 157 Å². The molecule has 0 bridgehead atoms. The summed E-state index contributed by atoms with van der Waals surface area (Å²) in [7, 11) is 0. The molecule has 0 spiro atoms. The van der Waals surface area contributed by atoms with Crippen LogP contribution in [0.5, 0.6) is 0 Å². The zero-order valence-corrected chi connectivity index (χ0v) is 19.5. The van der Waals surface area contributed by atoms with Crippen LogP contribution in [0.4, 0.5) is 17.1 Å². The van der Waals surface area contributed by atoms with Gasteiger partial charge in [0, 0.05) is 16.9 Å². The van der Waals surface area contributed by atoms with E-state index < -0.39 is 0 Å². The number of anilines is 3. The van der Waals surface area contributed by atoms with Crippen LogP contribution in [0.15, 0.2) is 140 Å². The van der Waals surface area contributed by atoms with Crippen molar-refractivity contribution in [1.82, 2.24) is 0 Å². The van der Waals surface area contributed by atoms with Crippen LogP contribution >= 0.6 is 0 Å². The van der Waals surface area contributed by atoms with Crippen LogP contribution in [0.3, 0.4) is 0 Å². The van der Waals surface area contributed by atoms with Crippen molar-refractivity contribution >= 4 is 41.4 Å². The molecule has 0 aliphatic rings. The van der Waals surface area contributed by atoms with Crippen molar-refractivity contribution in [2.24, 2.45) is 0 Å². The third-order valence-electron chi connectivity index (χ3n) is 5.88. The predicted octanol–water partition coefficient (Wildman–Crippen LogP) is 9.50.